The number of hydrogen-bond donors (Lipinski definition) is 4. The van der Waals surface area contributed by atoms with E-state index in [2.05, 4.69) is 36.1 Å². The van der Waals surface area contributed by atoms with Gasteiger partial charge in [0, 0.05) is 16.6 Å². The molecule has 1 aliphatic heterocycles. The number of aromatic amines is 1. The van der Waals surface area contributed by atoms with E-state index in [1.807, 2.05) is 36.4 Å². The number of nitrogens with one attached hydrogen (secondary N) is 2. The number of benzene rings is 2. The van der Waals surface area contributed by atoms with Crippen LogP contribution in [0.25, 0.3) is 20.3 Å². The van der Waals surface area contributed by atoms with Gasteiger partial charge in [0.15, 0.2) is 6.61 Å². The molecule has 184 valence electrons. The molecule has 0 atom stereocenters. The van der Waals surface area contributed by atoms with Crippen LogP contribution in [0.5, 0.6) is 5.75 Å². The number of anilines is 1. The van der Waals surface area contributed by atoms with Gasteiger partial charge in [-0.15, -0.1) is 23.7 Å². The number of thiophene rings is 1. The first-order valence-electron chi connectivity index (χ1n) is 10.5. The average Bonchev–Trinajstić information content (AvgIpc) is 3.16. The van der Waals surface area contributed by atoms with Crippen molar-refractivity contribution in [3.8, 4) is 5.75 Å². The van der Waals surface area contributed by atoms with Gasteiger partial charge in [0.05, 0.1) is 11.1 Å². The molecular weight excluding hydrogens is 492 g/mol. The molecule has 5 rings (SSSR count). The fraction of sp³-hybridized carbons (Fsp3) is 0.250. The summed E-state index contributed by atoms with van der Waals surface area (Å²) in [6, 6.07) is 11.5. The number of nitrogens with two attached hydrogens (primary N) is 1. The van der Waals surface area contributed by atoms with E-state index in [4.69, 9.17) is 15.6 Å². The van der Waals surface area contributed by atoms with Crippen molar-refractivity contribution in [1.29, 1.82) is 0 Å². The van der Waals surface area contributed by atoms with E-state index in [0.29, 0.717) is 28.2 Å². The Bertz CT molecular complexity index is 1490. The van der Waals surface area contributed by atoms with Gasteiger partial charge in [-0.1, -0.05) is 39.0 Å². The fourth-order valence-corrected chi connectivity index (χ4v) is 4.62. The average molecular weight is 517 g/mol. The molecule has 5 N–H and O–H groups in total. The lowest BCUT2D eigenvalue weighted by atomic mass is 9.87. The monoisotopic (exact) mass is 516 g/mol. The number of halogens is 1. The van der Waals surface area contributed by atoms with Crippen LogP contribution in [0.2, 0.25) is 0 Å². The summed E-state index contributed by atoms with van der Waals surface area (Å²) in [5.41, 5.74) is 7.91. The highest BCUT2D eigenvalue weighted by molar-refractivity contribution is 7.25. The topological polar surface area (TPSA) is 147 Å². The lowest BCUT2D eigenvalue weighted by Gasteiger charge is -2.18. The van der Waals surface area contributed by atoms with Gasteiger partial charge in [0.2, 0.25) is 5.82 Å². The maximum Gasteiger partial charge on any atom is 0.372 e. The van der Waals surface area contributed by atoms with Crippen molar-refractivity contribution in [1.82, 2.24) is 9.97 Å². The van der Waals surface area contributed by atoms with Crippen LogP contribution in [0.15, 0.2) is 41.2 Å². The van der Waals surface area contributed by atoms with Gasteiger partial charge >= 0.3 is 5.97 Å². The van der Waals surface area contributed by atoms with Crippen LogP contribution < -0.4 is 21.3 Å². The third kappa shape index (κ3) is 5.45. The molecule has 0 bridgehead atoms. The minimum absolute atomic E-state index is 0. The first-order chi connectivity index (χ1) is 16.1. The number of carbonyl (C=O) groups excluding carboxylic acids is 1. The van der Waals surface area contributed by atoms with E-state index in [1.54, 1.807) is 0 Å². The van der Waals surface area contributed by atoms with E-state index < -0.39 is 11.5 Å². The minimum atomic E-state index is -1.23. The van der Waals surface area contributed by atoms with E-state index in [0.717, 1.165) is 21.2 Å². The fourth-order valence-electron chi connectivity index (χ4n) is 3.51. The van der Waals surface area contributed by atoms with Crippen molar-refractivity contribution >= 4 is 61.6 Å². The second-order valence-corrected chi connectivity index (χ2v) is 9.86. The number of hydrogen-bond acceptors (Lipinski definition) is 7. The number of fused-ring (bicyclic) bond motifs is 4. The zero-order chi connectivity index (χ0) is 24.6. The first-order valence-corrected chi connectivity index (χ1v) is 11.3. The Morgan fingerprint density at radius 2 is 1.94 bits per heavy atom. The first kappa shape index (κ1) is 26.1. The van der Waals surface area contributed by atoms with Gasteiger partial charge < -0.3 is 25.9 Å². The quantitative estimate of drug-likeness (QED) is 0.314. The van der Waals surface area contributed by atoms with Crippen LogP contribution in [0, 0.1) is 0 Å². The molecule has 4 aromatic rings. The molecule has 2 aromatic carbocycles. The number of H-pyrrole nitrogens is 1. The Balaban J connectivity index is 0.000000211. The molecular formula is C24H25ClN4O5S. The predicted molar refractivity (Wildman–Crippen MR) is 139 cm³/mol. The molecule has 0 spiro atoms. The second kappa shape index (κ2) is 10.0. The third-order valence-electron chi connectivity index (χ3n) is 5.32. The highest BCUT2D eigenvalue weighted by Crippen LogP contribution is 2.34. The van der Waals surface area contributed by atoms with Crippen LogP contribution in [-0.2, 0) is 16.8 Å². The Hall–Kier alpha value is -3.47. The molecule has 35 heavy (non-hydrogen) atoms. The molecule has 0 aliphatic carbocycles. The molecule has 0 radical (unpaired) electrons. The standard InChI is InChI=1S/C15H14N2O3S.C9H10N2O2.ClH/c1-15(2,3)7-4-5-8-9(6-7)21-13-10(8)12(18)16-11(17-13)14(19)20;10-4-6-1-2-8-7(3-6)11-9(12)5-13-8;/h4-6H,1-3H3,(H,19,20)(H,16,17,18);1-3H,4-5,10H2,(H,11,12);1H. The van der Waals surface area contributed by atoms with E-state index in [-0.39, 0.29) is 36.2 Å². The second-order valence-electron chi connectivity index (χ2n) is 8.83. The summed E-state index contributed by atoms with van der Waals surface area (Å²) in [6.07, 6.45) is 0. The summed E-state index contributed by atoms with van der Waals surface area (Å²) in [7, 11) is 0. The number of aromatic carboxylic acids is 1. The zero-order valence-corrected chi connectivity index (χ0v) is 20.9. The number of carboxylic acid groups (broad SMARTS) is 1. The van der Waals surface area contributed by atoms with Crippen LogP contribution in [0.3, 0.4) is 0 Å². The normalized spacial score (nSPS) is 12.6. The Kier molecular flexibility index (Phi) is 7.49. The van der Waals surface area contributed by atoms with Crippen molar-refractivity contribution in [3.63, 3.8) is 0 Å². The van der Waals surface area contributed by atoms with Gasteiger partial charge in [-0.2, -0.15) is 0 Å². The molecule has 1 aliphatic rings. The Labute approximate surface area is 210 Å². The number of ether oxygens (including phenoxy) is 1. The molecule has 3 heterocycles. The zero-order valence-electron chi connectivity index (χ0n) is 19.3. The van der Waals surface area contributed by atoms with E-state index >= 15 is 0 Å². The number of nitrogens with zero attached hydrogens (tertiary/aromatic N) is 1. The molecule has 2 aromatic heterocycles. The molecule has 0 saturated carbocycles. The number of aromatic nitrogens is 2. The van der Waals surface area contributed by atoms with Gasteiger partial charge in [-0.3, -0.25) is 9.59 Å². The van der Waals surface area contributed by atoms with Gasteiger partial charge in [-0.05, 0) is 34.7 Å². The smallest absolute Gasteiger partial charge is 0.372 e. The van der Waals surface area contributed by atoms with Crippen molar-refractivity contribution in [3.05, 3.63) is 63.7 Å². The lowest BCUT2D eigenvalue weighted by Crippen LogP contribution is -2.25. The Morgan fingerprint density at radius 1 is 1.20 bits per heavy atom. The van der Waals surface area contributed by atoms with Crippen LogP contribution in [0.4, 0.5) is 5.69 Å². The molecule has 9 nitrogen and oxygen atoms in total. The van der Waals surface area contributed by atoms with Crippen molar-refractivity contribution in [2.24, 2.45) is 5.73 Å². The molecule has 0 unspecified atom stereocenters. The summed E-state index contributed by atoms with van der Waals surface area (Å²) in [5.74, 6) is -0.976. The molecule has 0 fully saturated rings. The number of carboxylic acids is 1. The summed E-state index contributed by atoms with van der Waals surface area (Å²) in [6.45, 7) is 6.91. The lowest BCUT2D eigenvalue weighted by molar-refractivity contribution is -0.118. The maximum atomic E-state index is 12.1. The minimum Gasteiger partial charge on any atom is -0.482 e. The molecule has 0 saturated heterocycles. The summed E-state index contributed by atoms with van der Waals surface area (Å²) in [5, 5.41) is 13.0. The van der Waals surface area contributed by atoms with Gasteiger partial charge in [-0.25, -0.2) is 9.78 Å². The van der Waals surface area contributed by atoms with Crippen LogP contribution in [0.1, 0.15) is 42.5 Å². The number of rotatable bonds is 2. The summed E-state index contributed by atoms with van der Waals surface area (Å²) >= 11 is 1.34. The largest absolute Gasteiger partial charge is 0.482 e. The highest BCUT2D eigenvalue weighted by Gasteiger charge is 2.18. The third-order valence-corrected chi connectivity index (χ3v) is 6.37. The molecule has 1 amide bonds. The SMILES string of the molecule is CC(C)(C)c1ccc2c(c1)sc1nc(C(=O)O)[nH]c(=O)c12.Cl.NCc1ccc2c(c1)NC(=O)CO2. The van der Waals surface area contributed by atoms with Crippen LogP contribution >= 0.6 is 23.7 Å². The van der Waals surface area contributed by atoms with Crippen molar-refractivity contribution < 1.29 is 19.4 Å². The van der Waals surface area contributed by atoms with Crippen LogP contribution in [-0.4, -0.2) is 33.6 Å². The van der Waals surface area contributed by atoms with Crippen molar-refractivity contribution in [2.75, 3.05) is 11.9 Å². The highest BCUT2D eigenvalue weighted by atomic mass is 35.5. The van der Waals surface area contributed by atoms with Gasteiger partial charge in [0.1, 0.15) is 10.6 Å². The van der Waals surface area contributed by atoms with E-state index in [9.17, 15) is 14.4 Å². The maximum absolute atomic E-state index is 12.1. The Morgan fingerprint density at radius 3 is 2.60 bits per heavy atom. The predicted octanol–water partition coefficient (Wildman–Crippen LogP) is 4.03. The van der Waals surface area contributed by atoms with Gasteiger partial charge in [0.25, 0.3) is 11.5 Å². The summed E-state index contributed by atoms with van der Waals surface area (Å²) < 4.78 is 6.12. The summed E-state index contributed by atoms with van der Waals surface area (Å²) in [4.78, 5) is 40.8. The van der Waals surface area contributed by atoms with Crippen molar-refractivity contribution in [2.45, 2.75) is 32.7 Å². The number of amides is 1. The molecule has 11 heteroatoms. The number of carbonyl (C=O) groups is 2. The van der Waals surface area contributed by atoms with E-state index in [1.165, 1.54) is 11.3 Å².